The molecule has 1 aromatic carbocycles. The number of piperidine rings is 1. The highest BCUT2D eigenvalue weighted by Crippen LogP contribution is 2.25. The lowest BCUT2D eigenvalue weighted by molar-refractivity contribution is -0.135. The number of hydrogen-bond acceptors (Lipinski definition) is 5. The minimum Gasteiger partial charge on any atom is -0.345 e. The third-order valence-corrected chi connectivity index (χ3v) is 6.49. The fraction of sp³-hybridized carbons (Fsp3) is 0.583. The lowest BCUT2D eigenvalue weighted by Gasteiger charge is -2.26. The molecule has 1 saturated heterocycles. The Morgan fingerprint density at radius 1 is 1.03 bits per heavy atom. The van der Waals surface area contributed by atoms with Crippen LogP contribution in [0.1, 0.15) is 67.5 Å². The van der Waals surface area contributed by atoms with Gasteiger partial charge in [-0.2, -0.15) is 4.98 Å². The Balaban J connectivity index is 1.31. The van der Waals surface area contributed by atoms with E-state index in [1.54, 1.807) is 4.90 Å². The smallest absolute Gasteiger partial charge is 0.257 e. The molecule has 0 spiro atoms. The Labute approximate surface area is 183 Å². The molecule has 0 atom stereocenters. The molecule has 166 valence electrons. The summed E-state index contributed by atoms with van der Waals surface area (Å²) in [5.74, 6) is 1.52. The van der Waals surface area contributed by atoms with Crippen LogP contribution in [-0.4, -0.2) is 58.4 Å². The lowest BCUT2D eigenvalue weighted by atomic mass is 9.88. The number of likely N-dealkylation sites (N-methyl/N-ethyl adjacent to an activating group) is 1. The number of carbonyl (C=O) groups excluding carboxylic acids is 2. The zero-order valence-electron chi connectivity index (χ0n) is 18.4. The highest BCUT2D eigenvalue weighted by Gasteiger charge is 2.24. The Morgan fingerprint density at radius 2 is 1.71 bits per heavy atom. The van der Waals surface area contributed by atoms with Gasteiger partial charge in [0.05, 0.1) is 0 Å². The molecular weight excluding hydrogens is 392 g/mol. The van der Waals surface area contributed by atoms with Crippen molar-refractivity contribution in [2.45, 2.75) is 57.8 Å². The summed E-state index contributed by atoms with van der Waals surface area (Å²) in [6, 6.07) is 7.36. The fourth-order valence-corrected chi connectivity index (χ4v) is 4.55. The first-order chi connectivity index (χ1) is 15.1. The average molecular weight is 425 g/mol. The highest BCUT2D eigenvalue weighted by molar-refractivity contribution is 5.94. The Hall–Kier alpha value is -2.70. The maximum absolute atomic E-state index is 12.6. The molecule has 7 heteroatoms. The molecule has 1 aliphatic heterocycles. The molecule has 1 aromatic heterocycles. The van der Waals surface area contributed by atoms with Crippen LogP contribution in [0.15, 0.2) is 28.8 Å². The van der Waals surface area contributed by atoms with Gasteiger partial charge in [0.1, 0.15) is 0 Å². The van der Waals surface area contributed by atoms with Crippen LogP contribution in [0.3, 0.4) is 0 Å². The minimum atomic E-state index is 0.0862. The SMILES string of the molecule is CN(CCc1noc(-c2ccc(C(=O)N3CCCCC3)cc2)n1)C(=O)C1CCCCC1. The predicted octanol–water partition coefficient (Wildman–Crippen LogP) is 3.94. The molecule has 1 saturated carbocycles. The van der Waals surface area contributed by atoms with Crippen molar-refractivity contribution in [2.75, 3.05) is 26.7 Å². The van der Waals surface area contributed by atoms with Gasteiger partial charge in [0.2, 0.25) is 5.91 Å². The van der Waals surface area contributed by atoms with E-state index >= 15 is 0 Å². The minimum absolute atomic E-state index is 0.0862. The lowest BCUT2D eigenvalue weighted by Crippen LogP contribution is -2.35. The predicted molar refractivity (Wildman–Crippen MR) is 117 cm³/mol. The molecule has 0 radical (unpaired) electrons. The third-order valence-electron chi connectivity index (χ3n) is 6.49. The second-order valence-corrected chi connectivity index (χ2v) is 8.79. The molecule has 0 unspecified atom stereocenters. The van der Waals surface area contributed by atoms with Crippen LogP contribution in [0.4, 0.5) is 0 Å². The standard InChI is InChI=1S/C24H32N4O3/c1-27(23(29)19-8-4-2-5-9-19)17-14-21-25-22(31-26-21)18-10-12-20(13-11-18)24(30)28-15-6-3-7-16-28/h10-13,19H,2-9,14-17H2,1H3. The summed E-state index contributed by atoms with van der Waals surface area (Å²) in [6.45, 7) is 2.26. The van der Waals surface area contributed by atoms with Crippen LogP contribution in [0.2, 0.25) is 0 Å². The van der Waals surface area contributed by atoms with Gasteiger partial charge in [-0.15, -0.1) is 0 Å². The molecule has 4 rings (SSSR count). The van der Waals surface area contributed by atoms with Crippen LogP contribution in [-0.2, 0) is 11.2 Å². The van der Waals surface area contributed by atoms with Crippen molar-refractivity contribution in [1.29, 1.82) is 0 Å². The summed E-state index contributed by atoms with van der Waals surface area (Å²) in [5.41, 5.74) is 1.48. The number of benzene rings is 1. The molecule has 0 bridgehead atoms. The number of hydrogen-bond donors (Lipinski definition) is 0. The summed E-state index contributed by atoms with van der Waals surface area (Å²) in [6.07, 6.45) is 9.48. The molecule has 31 heavy (non-hydrogen) atoms. The van der Waals surface area contributed by atoms with Gasteiger partial charge in [0.15, 0.2) is 5.82 Å². The Morgan fingerprint density at radius 3 is 2.42 bits per heavy atom. The van der Waals surface area contributed by atoms with Crippen LogP contribution in [0.5, 0.6) is 0 Å². The molecule has 1 aliphatic carbocycles. The number of amides is 2. The van der Waals surface area contributed by atoms with E-state index in [2.05, 4.69) is 10.1 Å². The van der Waals surface area contributed by atoms with E-state index in [-0.39, 0.29) is 17.7 Å². The monoisotopic (exact) mass is 424 g/mol. The largest absolute Gasteiger partial charge is 0.345 e. The zero-order valence-corrected chi connectivity index (χ0v) is 18.4. The average Bonchev–Trinajstić information content (AvgIpc) is 3.32. The highest BCUT2D eigenvalue weighted by atomic mass is 16.5. The van der Waals surface area contributed by atoms with Crippen molar-refractivity contribution in [2.24, 2.45) is 5.92 Å². The molecule has 7 nitrogen and oxygen atoms in total. The van der Waals surface area contributed by atoms with Crippen LogP contribution >= 0.6 is 0 Å². The van der Waals surface area contributed by atoms with E-state index in [0.717, 1.165) is 57.2 Å². The van der Waals surface area contributed by atoms with Crippen molar-refractivity contribution in [3.8, 4) is 11.5 Å². The van der Waals surface area contributed by atoms with Gasteiger partial charge in [-0.1, -0.05) is 24.4 Å². The van der Waals surface area contributed by atoms with E-state index in [9.17, 15) is 9.59 Å². The van der Waals surface area contributed by atoms with Crippen molar-refractivity contribution < 1.29 is 14.1 Å². The van der Waals surface area contributed by atoms with E-state index in [1.807, 2.05) is 36.2 Å². The number of carbonyl (C=O) groups is 2. The second kappa shape index (κ2) is 10.1. The van der Waals surface area contributed by atoms with Gasteiger partial charge in [-0.25, -0.2) is 0 Å². The van der Waals surface area contributed by atoms with Crippen molar-refractivity contribution in [3.05, 3.63) is 35.7 Å². The number of nitrogens with zero attached hydrogens (tertiary/aromatic N) is 4. The molecule has 2 aromatic rings. The number of likely N-dealkylation sites (tertiary alicyclic amines) is 1. The maximum atomic E-state index is 12.6. The Bertz CT molecular complexity index is 880. The maximum Gasteiger partial charge on any atom is 0.257 e. The van der Waals surface area contributed by atoms with Crippen molar-refractivity contribution in [1.82, 2.24) is 19.9 Å². The summed E-state index contributed by atoms with van der Waals surface area (Å²) >= 11 is 0. The van der Waals surface area contributed by atoms with Crippen LogP contribution < -0.4 is 0 Å². The molecular formula is C24H32N4O3. The number of rotatable bonds is 6. The van der Waals surface area contributed by atoms with Crippen molar-refractivity contribution >= 4 is 11.8 Å². The van der Waals surface area contributed by atoms with E-state index in [4.69, 9.17) is 4.52 Å². The molecule has 0 N–H and O–H groups in total. The first-order valence-electron chi connectivity index (χ1n) is 11.6. The summed E-state index contributed by atoms with van der Waals surface area (Å²) < 4.78 is 5.42. The fourth-order valence-electron chi connectivity index (χ4n) is 4.55. The third kappa shape index (κ3) is 5.32. The van der Waals surface area contributed by atoms with E-state index in [1.165, 1.54) is 12.8 Å². The molecule has 2 amide bonds. The van der Waals surface area contributed by atoms with Gasteiger partial charge in [-0.3, -0.25) is 9.59 Å². The van der Waals surface area contributed by atoms with Gasteiger partial charge in [0.25, 0.3) is 11.8 Å². The summed E-state index contributed by atoms with van der Waals surface area (Å²) in [7, 11) is 1.86. The van der Waals surface area contributed by atoms with Crippen molar-refractivity contribution in [3.63, 3.8) is 0 Å². The Kier molecular flexibility index (Phi) is 6.99. The summed E-state index contributed by atoms with van der Waals surface area (Å²) in [4.78, 5) is 33.4. The molecule has 2 aliphatic rings. The topological polar surface area (TPSA) is 79.5 Å². The number of aromatic nitrogens is 2. The molecule has 2 heterocycles. The quantitative estimate of drug-likeness (QED) is 0.702. The second-order valence-electron chi connectivity index (χ2n) is 8.79. The van der Waals surface area contributed by atoms with Gasteiger partial charge >= 0.3 is 0 Å². The zero-order chi connectivity index (χ0) is 21.6. The normalized spacial score (nSPS) is 17.5. The van der Waals surface area contributed by atoms with E-state index in [0.29, 0.717) is 30.2 Å². The summed E-state index contributed by atoms with van der Waals surface area (Å²) in [5, 5.41) is 4.07. The van der Waals surface area contributed by atoms with Gasteiger partial charge in [0, 0.05) is 50.1 Å². The van der Waals surface area contributed by atoms with Gasteiger partial charge < -0.3 is 14.3 Å². The van der Waals surface area contributed by atoms with E-state index < -0.39 is 0 Å². The van der Waals surface area contributed by atoms with Crippen LogP contribution in [0, 0.1) is 5.92 Å². The first kappa shape index (κ1) is 21.5. The van der Waals surface area contributed by atoms with Gasteiger partial charge in [-0.05, 0) is 56.4 Å². The van der Waals surface area contributed by atoms with Crippen LogP contribution in [0.25, 0.3) is 11.5 Å². The molecule has 2 fully saturated rings. The first-order valence-corrected chi connectivity index (χ1v) is 11.6.